The average Bonchev–Trinajstić information content (AvgIpc) is 2.69. The van der Waals surface area contributed by atoms with E-state index in [1.807, 2.05) is 0 Å². The Morgan fingerprint density at radius 2 is 0.571 bits per heavy atom. The van der Waals surface area contributed by atoms with Gasteiger partial charge in [0.1, 0.15) is 0 Å². The molecule has 0 N–H and O–H groups in total. The summed E-state index contributed by atoms with van der Waals surface area (Å²) in [6.07, 6.45) is 32.1. The van der Waals surface area contributed by atoms with Crippen LogP contribution in [0.15, 0.2) is 0 Å². The van der Waals surface area contributed by atoms with Crippen molar-refractivity contribution in [2.45, 2.75) is 143 Å². The van der Waals surface area contributed by atoms with Crippen molar-refractivity contribution in [1.29, 1.82) is 0 Å². The van der Waals surface area contributed by atoms with Crippen LogP contribution in [0.2, 0.25) is 0 Å². The van der Waals surface area contributed by atoms with Crippen LogP contribution in [0.25, 0.3) is 0 Å². The van der Waals surface area contributed by atoms with E-state index < -0.39 is 5.31 Å². The summed E-state index contributed by atoms with van der Waals surface area (Å²) in [6, 6.07) is 0. The van der Waals surface area contributed by atoms with Gasteiger partial charge in [-0.1, -0.05) is 0 Å². The average molecular weight is 480 g/mol. The van der Waals surface area contributed by atoms with Crippen molar-refractivity contribution < 1.29 is 0 Å². The molecule has 0 amide bonds. The number of rotatable bonds is 22. The number of unbranched alkanes of at least 4 members (excludes halogenated alkanes) is 14. The maximum absolute atomic E-state index is 4.67. The monoisotopic (exact) mass is 478 g/mol. The van der Waals surface area contributed by atoms with E-state index in [0.29, 0.717) is 0 Å². The summed E-state index contributed by atoms with van der Waals surface area (Å²) in [5.74, 6) is 0. The van der Waals surface area contributed by atoms with E-state index >= 15 is 0 Å². The van der Waals surface area contributed by atoms with Crippen LogP contribution in [0, 0.1) is 0 Å². The number of halogens is 1. The first-order chi connectivity index (χ1) is 13.5. The molecular weight excluding hydrogens is 423 g/mol. The third kappa shape index (κ3) is 14.8. The minimum absolute atomic E-state index is 1.36. The number of hydrogen-bond donors (Lipinski definition) is 0. The van der Waals surface area contributed by atoms with Gasteiger partial charge in [-0.25, -0.2) is 0 Å². The summed E-state index contributed by atoms with van der Waals surface area (Å²) in [4.78, 5) is 0. The molecule has 0 heterocycles. The second-order valence-electron chi connectivity index (χ2n) is 9.66. The van der Waals surface area contributed by atoms with Gasteiger partial charge in [-0.15, -0.1) is 0 Å². The first-order valence-corrected chi connectivity index (χ1v) is 18.3. The SMILES string of the molecule is CCCCCCCP(Br)(CCCCCC)(CCCCCC)CCCCCCC. The summed E-state index contributed by atoms with van der Waals surface area (Å²) < 4.78 is 0. The molecule has 0 spiro atoms. The quantitative estimate of drug-likeness (QED) is 0.107. The zero-order chi connectivity index (χ0) is 21.0. The fourth-order valence-electron chi connectivity index (χ4n) is 4.76. The molecule has 0 atom stereocenters. The molecule has 2 heteroatoms. The number of hydrogen-bond acceptors (Lipinski definition) is 0. The Morgan fingerprint density at radius 3 is 0.821 bits per heavy atom. The Labute approximate surface area is 188 Å². The molecule has 0 aromatic heterocycles. The van der Waals surface area contributed by atoms with Gasteiger partial charge in [-0.05, 0) is 0 Å². The van der Waals surface area contributed by atoms with Gasteiger partial charge in [0.15, 0.2) is 0 Å². The van der Waals surface area contributed by atoms with Crippen LogP contribution < -0.4 is 0 Å². The fraction of sp³-hybridized carbons (Fsp3) is 1.00. The van der Waals surface area contributed by atoms with Crippen LogP contribution in [0.4, 0.5) is 0 Å². The standard InChI is InChI=1S/C26H56BrP/c1-5-9-13-17-21-25-28(27,23-19-15-11-7-3,24-20-16-12-8-4)26-22-18-14-10-6-2/h5-26H2,1-4H3. The topological polar surface area (TPSA) is 0 Å². The molecule has 0 aliphatic heterocycles. The molecule has 0 aromatic rings. The van der Waals surface area contributed by atoms with Crippen molar-refractivity contribution >= 4 is 20.8 Å². The first kappa shape index (κ1) is 28.9. The first-order valence-electron chi connectivity index (χ1n) is 13.3. The molecule has 0 aromatic carbocycles. The molecule has 0 saturated carbocycles. The van der Waals surface area contributed by atoms with Crippen molar-refractivity contribution in [2.75, 3.05) is 24.6 Å². The van der Waals surface area contributed by atoms with Crippen molar-refractivity contribution in [3.8, 4) is 0 Å². The summed E-state index contributed by atoms with van der Waals surface area (Å²) in [7, 11) is 0. The van der Waals surface area contributed by atoms with Crippen LogP contribution in [0.1, 0.15) is 143 Å². The third-order valence-electron chi connectivity index (χ3n) is 6.78. The van der Waals surface area contributed by atoms with Gasteiger partial charge < -0.3 is 0 Å². The molecule has 0 aliphatic rings. The third-order valence-corrected chi connectivity index (χ3v) is 16.8. The Hall–Kier alpha value is 0.910. The Morgan fingerprint density at radius 1 is 0.357 bits per heavy atom. The summed E-state index contributed by atoms with van der Waals surface area (Å²) in [5, 5.41) is -1.70. The van der Waals surface area contributed by atoms with Crippen LogP contribution in [-0.2, 0) is 0 Å². The van der Waals surface area contributed by atoms with Gasteiger partial charge >= 0.3 is 189 Å². The second kappa shape index (κ2) is 18.7. The summed E-state index contributed by atoms with van der Waals surface area (Å²) in [6.45, 7) is 9.37. The van der Waals surface area contributed by atoms with Crippen LogP contribution in [0.3, 0.4) is 0 Å². The maximum atomic E-state index is 4.67. The van der Waals surface area contributed by atoms with Gasteiger partial charge in [0.2, 0.25) is 0 Å². The predicted molar refractivity (Wildman–Crippen MR) is 141 cm³/mol. The molecule has 172 valence electrons. The molecule has 0 unspecified atom stereocenters. The Kier molecular flexibility index (Phi) is 19.3. The molecular formula is C26H56BrP. The Balaban J connectivity index is 4.95. The van der Waals surface area contributed by atoms with Gasteiger partial charge in [0.05, 0.1) is 0 Å². The minimum atomic E-state index is -1.70. The predicted octanol–water partition coefficient (Wildman–Crippen LogP) is 11.0. The molecule has 28 heavy (non-hydrogen) atoms. The van der Waals surface area contributed by atoms with E-state index in [2.05, 4.69) is 43.2 Å². The van der Waals surface area contributed by atoms with E-state index in [9.17, 15) is 0 Å². The molecule has 0 fully saturated rings. The molecule has 0 aliphatic carbocycles. The van der Waals surface area contributed by atoms with E-state index in [4.69, 9.17) is 0 Å². The van der Waals surface area contributed by atoms with Crippen molar-refractivity contribution in [3.05, 3.63) is 0 Å². The molecule has 0 rings (SSSR count). The van der Waals surface area contributed by atoms with Crippen molar-refractivity contribution in [2.24, 2.45) is 0 Å². The molecule has 0 saturated heterocycles. The van der Waals surface area contributed by atoms with Crippen molar-refractivity contribution in [3.63, 3.8) is 0 Å². The molecule has 0 nitrogen and oxygen atoms in total. The fourth-order valence-corrected chi connectivity index (χ4v) is 13.2. The molecule has 0 bridgehead atoms. The van der Waals surface area contributed by atoms with Crippen molar-refractivity contribution in [1.82, 2.24) is 0 Å². The van der Waals surface area contributed by atoms with E-state index in [-0.39, 0.29) is 0 Å². The second-order valence-corrected chi connectivity index (χ2v) is 21.1. The Bertz CT molecular complexity index is 298. The van der Waals surface area contributed by atoms with Gasteiger partial charge in [-0.2, -0.15) is 0 Å². The van der Waals surface area contributed by atoms with E-state index in [0.717, 1.165) is 0 Å². The van der Waals surface area contributed by atoms with Gasteiger partial charge in [-0.3, -0.25) is 0 Å². The van der Waals surface area contributed by atoms with E-state index in [1.165, 1.54) is 116 Å². The van der Waals surface area contributed by atoms with Crippen LogP contribution in [-0.4, -0.2) is 24.6 Å². The van der Waals surface area contributed by atoms with E-state index in [1.54, 1.807) is 24.6 Å². The van der Waals surface area contributed by atoms with Crippen LogP contribution in [0.5, 0.6) is 0 Å². The summed E-state index contributed by atoms with van der Waals surface area (Å²) in [5.41, 5.74) is 0. The van der Waals surface area contributed by atoms with Gasteiger partial charge in [0, 0.05) is 0 Å². The zero-order valence-electron chi connectivity index (χ0n) is 20.4. The summed E-state index contributed by atoms with van der Waals surface area (Å²) >= 11 is 4.67. The zero-order valence-corrected chi connectivity index (χ0v) is 22.9. The van der Waals surface area contributed by atoms with Crippen LogP contribution >= 0.6 is 20.8 Å². The molecule has 0 radical (unpaired) electrons. The normalized spacial score (nSPS) is 13.5. The van der Waals surface area contributed by atoms with Gasteiger partial charge in [0.25, 0.3) is 0 Å².